The second-order valence-corrected chi connectivity index (χ2v) is 5.31. The molecule has 1 aromatic heterocycles. The quantitative estimate of drug-likeness (QED) is 0.533. The lowest BCUT2D eigenvalue weighted by Crippen LogP contribution is -2.12. The summed E-state index contributed by atoms with van der Waals surface area (Å²) in [6.07, 6.45) is 0. The van der Waals surface area contributed by atoms with Crippen molar-refractivity contribution >= 4 is 17.3 Å². The number of amides is 1. The van der Waals surface area contributed by atoms with E-state index in [9.17, 15) is 14.9 Å². The minimum atomic E-state index is -0.548. The number of nitro benzene ring substituents is 1. The van der Waals surface area contributed by atoms with E-state index in [0.717, 1.165) is 0 Å². The molecular weight excluding hydrogens is 340 g/mol. The van der Waals surface area contributed by atoms with Crippen LogP contribution in [0.2, 0.25) is 0 Å². The van der Waals surface area contributed by atoms with Crippen molar-refractivity contribution in [2.24, 2.45) is 0 Å². The fourth-order valence-corrected chi connectivity index (χ4v) is 2.14. The Labute approximate surface area is 147 Å². The molecule has 9 heteroatoms. The Kier molecular flexibility index (Phi) is 4.88. The summed E-state index contributed by atoms with van der Waals surface area (Å²) >= 11 is 0. The molecule has 0 saturated carbocycles. The van der Waals surface area contributed by atoms with Crippen LogP contribution in [0.15, 0.2) is 53.1 Å². The number of non-ortho nitro benzene ring substituents is 1. The highest BCUT2D eigenvalue weighted by Gasteiger charge is 2.12. The van der Waals surface area contributed by atoms with Crippen LogP contribution in [0.4, 0.5) is 11.4 Å². The number of aromatic nitrogens is 2. The van der Waals surface area contributed by atoms with Crippen molar-refractivity contribution < 1.29 is 19.0 Å². The first kappa shape index (κ1) is 17.1. The maximum Gasteiger partial charge on any atom is 0.270 e. The Morgan fingerprint density at radius 1 is 1.27 bits per heavy atom. The van der Waals surface area contributed by atoms with E-state index in [2.05, 4.69) is 15.5 Å². The molecule has 9 nitrogen and oxygen atoms in total. The summed E-state index contributed by atoms with van der Waals surface area (Å²) in [6.45, 7) is 1.85. The lowest BCUT2D eigenvalue weighted by Gasteiger charge is -2.07. The molecule has 3 aromatic rings. The molecule has 0 unspecified atom stereocenters. The fraction of sp³-hybridized carbons (Fsp3) is 0.118. The Morgan fingerprint density at radius 2 is 2.04 bits per heavy atom. The van der Waals surface area contributed by atoms with Crippen LogP contribution in [0.1, 0.15) is 22.1 Å². The number of carbonyl (C=O) groups excluding carboxylic acids is 1. The maximum atomic E-state index is 12.2. The van der Waals surface area contributed by atoms with Gasteiger partial charge in [0.25, 0.3) is 17.5 Å². The van der Waals surface area contributed by atoms with Gasteiger partial charge in [0.15, 0.2) is 12.4 Å². The van der Waals surface area contributed by atoms with Crippen molar-refractivity contribution in [3.63, 3.8) is 0 Å². The lowest BCUT2D eigenvalue weighted by atomic mass is 10.2. The number of nitrogens with one attached hydrogen (secondary N) is 1. The number of nitro groups is 1. The van der Waals surface area contributed by atoms with Gasteiger partial charge in [-0.25, -0.2) is 0 Å². The topological polar surface area (TPSA) is 120 Å². The van der Waals surface area contributed by atoms with Crippen LogP contribution in [0.5, 0.6) is 5.75 Å². The van der Waals surface area contributed by atoms with E-state index in [-0.39, 0.29) is 17.9 Å². The Bertz CT molecular complexity index is 936. The average Bonchev–Trinajstić information content (AvgIpc) is 3.06. The third kappa shape index (κ3) is 4.20. The second kappa shape index (κ2) is 7.43. The average molecular weight is 354 g/mol. The highest BCUT2D eigenvalue weighted by Crippen LogP contribution is 2.19. The number of aryl methyl sites for hydroxylation is 1. The van der Waals surface area contributed by atoms with E-state index in [1.165, 1.54) is 24.3 Å². The van der Waals surface area contributed by atoms with Gasteiger partial charge in [0.2, 0.25) is 0 Å². The van der Waals surface area contributed by atoms with Gasteiger partial charge in [0.05, 0.1) is 4.92 Å². The summed E-state index contributed by atoms with van der Waals surface area (Å²) in [5.74, 6) is 1.02. The van der Waals surface area contributed by atoms with E-state index in [0.29, 0.717) is 23.2 Å². The molecule has 0 radical (unpaired) electrons. The summed E-state index contributed by atoms with van der Waals surface area (Å²) in [5, 5.41) is 17.1. The van der Waals surface area contributed by atoms with Crippen LogP contribution in [0.3, 0.4) is 0 Å². The summed E-state index contributed by atoms with van der Waals surface area (Å²) in [5.41, 5.74) is 0.589. The molecule has 0 aliphatic rings. The van der Waals surface area contributed by atoms with Gasteiger partial charge in [-0.15, -0.1) is 0 Å². The molecule has 132 valence electrons. The summed E-state index contributed by atoms with van der Waals surface area (Å²) in [7, 11) is 0. The highest BCUT2D eigenvalue weighted by atomic mass is 16.6. The summed E-state index contributed by atoms with van der Waals surface area (Å²) in [6, 6.07) is 12.2. The second-order valence-electron chi connectivity index (χ2n) is 5.31. The molecule has 0 bridgehead atoms. The largest absolute Gasteiger partial charge is 0.484 e. The fourth-order valence-electron chi connectivity index (χ4n) is 2.14. The van der Waals surface area contributed by atoms with E-state index in [4.69, 9.17) is 9.26 Å². The number of carbonyl (C=O) groups is 1. The zero-order chi connectivity index (χ0) is 18.5. The van der Waals surface area contributed by atoms with Crippen LogP contribution in [-0.4, -0.2) is 21.0 Å². The van der Waals surface area contributed by atoms with Crippen LogP contribution in [-0.2, 0) is 6.61 Å². The van der Waals surface area contributed by atoms with Crippen molar-refractivity contribution in [1.29, 1.82) is 0 Å². The van der Waals surface area contributed by atoms with E-state index in [1.54, 1.807) is 31.2 Å². The van der Waals surface area contributed by atoms with Crippen LogP contribution < -0.4 is 10.1 Å². The Hall–Kier alpha value is -3.75. The number of ether oxygens (including phenoxy) is 1. The maximum absolute atomic E-state index is 12.2. The molecule has 0 spiro atoms. The third-order valence-corrected chi connectivity index (χ3v) is 3.36. The van der Waals surface area contributed by atoms with E-state index in [1.807, 2.05) is 0 Å². The molecule has 2 aromatic carbocycles. The molecule has 0 atom stereocenters. The molecule has 26 heavy (non-hydrogen) atoms. The molecule has 1 amide bonds. The smallest absolute Gasteiger partial charge is 0.270 e. The molecule has 1 N–H and O–H groups in total. The molecule has 0 aliphatic heterocycles. The number of rotatable bonds is 6. The van der Waals surface area contributed by atoms with Gasteiger partial charge in [-0.1, -0.05) is 11.2 Å². The zero-order valence-electron chi connectivity index (χ0n) is 13.7. The summed E-state index contributed by atoms with van der Waals surface area (Å²) < 4.78 is 10.5. The van der Waals surface area contributed by atoms with Crippen molar-refractivity contribution in [2.45, 2.75) is 13.5 Å². The molecule has 1 heterocycles. The predicted molar refractivity (Wildman–Crippen MR) is 90.9 cm³/mol. The first-order chi connectivity index (χ1) is 12.5. The van der Waals surface area contributed by atoms with E-state index >= 15 is 0 Å². The van der Waals surface area contributed by atoms with Crippen LogP contribution in [0.25, 0.3) is 0 Å². The van der Waals surface area contributed by atoms with Crippen LogP contribution >= 0.6 is 0 Å². The standard InChI is InChI=1S/C17H14N4O5/c1-11-18-16(26-20-11)10-25-15-7-5-13(6-8-15)19-17(22)12-3-2-4-14(9-12)21(23)24/h2-9H,10H2,1H3,(H,19,22). The molecule has 0 aliphatic carbocycles. The lowest BCUT2D eigenvalue weighted by molar-refractivity contribution is -0.384. The van der Waals surface area contributed by atoms with Gasteiger partial charge in [-0.2, -0.15) is 4.98 Å². The Balaban J connectivity index is 1.60. The predicted octanol–water partition coefficient (Wildman–Crippen LogP) is 3.12. The first-order valence-corrected chi connectivity index (χ1v) is 7.59. The number of hydrogen-bond donors (Lipinski definition) is 1. The number of benzene rings is 2. The molecule has 0 fully saturated rings. The van der Waals surface area contributed by atoms with Crippen LogP contribution in [0, 0.1) is 17.0 Å². The minimum Gasteiger partial charge on any atom is -0.484 e. The van der Waals surface area contributed by atoms with Gasteiger partial charge in [-0.3, -0.25) is 14.9 Å². The summed E-state index contributed by atoms with van der Waals surface area (Å²) in [4.78, 5) is 26.5. The van der Waals surface area contributed by atoms with Gasteiger partial charge >= 0.3 is 0 Å². The van der Waals surface area contributed by atoms with Crippen molar-refractivity contribution in [2.75, 3.05) is 5.32 Å². The van der Waals surface area contributed by atoms with Crippen molar-refractivity contribution in [3.05, 3.63) is 75.9 Å². The number of nitrogens with zero attached hydrogens (tertiary/aromatic N) is 3. The van der Waals surface area contributed by atoms with Gasteiger partial charge in [0, 0.05) is 23.4 Å². The zero-order valence-corrected chi connectivity index (χ0v) is 13.7. The van der Waals surface area contributed by atoms with E-state index < -0.39 is 10.8 Å². The molecular formula is C17H14N4O5. The van der Waals surface area contributed by atoms with Gasteiger partial charge in [-0.05, 0) is 37.3 Å². The number of hydrogen-bond acceptors (Lipinski definition) is 7. The van der Waals surface area contributed by atoms with Crippen molar-refractivity contribution in [3.8, 4) is 5.75 Å². The first-order valence-electron chi connectivity index (χ1n) is 7.59. The highest BCUT2D eigenvalue weighted by molar-refractivity contribution is 6.04. The third-order valence-electron chi connectivity index (χ3n) is 3.36. The van der Waals surface area contributed by atoms with Gasteiger partial charge in [0.1, 0.15) is 5.75 Å². The Morgan fingerprint density at radius 3 is 2.69 bits per heavy atom. The monoisotopic (exact) mass is 354 g/mol. The van der Waals surface area contributed by atoms with Gasteiger partial charge < -0.3 is 14.6 Å². The van der Waals surface area contributed by atoms with Crippen molar-refractivity contribution in [1.82, 2.24) is 10.1 Å². The minimum absolute atomic E-state index is 0.139. The molecule has 3 rings (SSSR count). The number of anilines is 1. The molecule has 0 saturated heterocycles. The SMILES string of the molecule is Cc1noc(COc2ccc(NC(=O)c3cccc([N+](=O)[O-])c3)cc2)n1. The normalized spacial score (nSPS) is 10.3.